The number of hydrogen-bond acceptors (Lipinski definition) is 4. The van der Waals surface area contributed by atoms with E-state index in [1.165, 1.54) is 6.92 Å². The van der Waals surface area contributed by atoms with Crippen molar-refractivity contribution in [2.45, 2.75) is 19.9 Å². The Morgan fingerprint density at radius 1 is 1.15 bits per heavy atom. The van der Waals surface area contributed by atoms with Crippen LogP contribution in [0.15, 0.2) is 42.5 Å². The molecule has 2 amide bonds. The average molecular weight is 375 g/mol. The smallest absolute Gasteiger partial charge is 0.231 e. The van der Waals surface area contributed by atoms with Crippen molar-refractivity contribution in [2.75, 3.05) is 18.7 Å². The van der Waals surface area contributed by atoms with E-state index in [4.69, 9.17) is 21.1 Å². The first kappa shape index (κ1) is 18.1. The summed E-state index contributed by atoms with van der Waals surface area (Å²) in [5.74, 6) is 1.09. The van der Waals surface area contributed by atoms with Crippen LogP contribution in [0.5, 0.6) is 11.5 Å². The number of fused-ring (bicyclic) bond motifs is 1. The van der Waals surface area contributed by atoms with Crippen LogP contribution in [0.1, 0.15) is 18.9 Å². The largest absolute Gasteiger partial charge is 0.454 e. The van der Waals surface area contributed by atoms with Crippen LogP contribution < -0.4 is 14.8 Å². The molecule has 0 radical (unpaired) electrons. The van der Waals surface area contributed by atoms with Gasteiger partial charge in [0.15, 0.2) is 11.5 Å². The molecule has 1 aliphatic heterocycles. The van der Waals surface area contributed by atoms with E-state index in [0.29, 0.717) is 35.3 Å². The molecular formula is C19H19ClN2O4. The van der Waals surface area contributed by atoms with E-state index in [9.17, 15) is 9.59 Å². The van der Waals surface area contributed by atoms with Crippen molar-refractivity contribution < 1.29 is 19.1 Å². The molecule has 0 fully saturated rings. The van der Waals surface area contributed by atoms with E-state index in [1.807, 2.05) is 18.2 Å². The van der Waals surface area contributed by atoms with Crippen LogP contribution in [-0.2, 0) is 16.1 Å². The maximum absolute atomic E-state index is 12.1. The van der Waals surface area contributed by atoms with Gasteiger partial charge in [-0.15, -0.1) is 0 Å². The highest BCUT2D eigenvalue weighted by Gasteiger charge is 2.16. The lowest BCUT2D eigenvalue weighted by Gasteiger charge is -2.21. The Morgan fingerprint density at radius 2 is 1.96 bits per heavy atom. The standard InChI is InChI=1S/C19H19ClN2O4/c1-13(23)22(11-14-5-6-17-18(9-14)26-12-25-17)8-7-19(24)21-16-4-2-3-15(20)10-16/h2-6,9-10H,7-8,11-12H2,1H3,(H,21,24). The molecule has 1 heterocycles. The molecule has 0 spiro atoms. The normalized spacial score (nSPS) is 11.9. The van der Waals surface area contributed by atoms with Crippen LogP contribution >= 0.6 is 11.6 Å². The van der Waals surface area contributed by atoms with Crippen LogP contribution in [-0.4, -0.2) is 30.1 Å². The van der Waals surface area contributed by atoms with Crippen molar-refractivity contribution in [3.63, 3.8) is 0 Å². The molecule has 0 aliphatic carbocycles. The highest BCUT2D eigenvalue weighted by Crippen LogP contribution is 2.32. The van der Waals surface area contributed by atoms with E-state index in [0.717, 1.165) is 5.56 Å². The predicted octanol–water partition coefficient (Wildman–Crippen LogP) is 3.45. The molecule has 1 aliphatic rings. The molecule has 0 bridgehead atoms. The Labute approximate surface area is 156 Å². The Morgan fingerprint density at radius 3 is 2.73 bits per heavy atom. The minimum absolute atomic E-state index is 0.0989. The number of anilines is 1. The summed E-state index contributed by atoms with van der Waals surface area (Å²) < 4.78 is 10.6. The topological polar surface area (TPSA) is 67.9 Å². The van der Waals surface area contributed by atoms with Crippen LogP contribution in [0.2, 0.25) is 5.02 Å². The molecule has 26 heavy (non-hydrogen) atoms. The number of nitrogens with one attached hydrogen (secondary N) is 1. The summed E-state index contributed by atoms with van der Waals surface area (Å²) in [5, 5.41) is 3.33. The van der Waals surface area contributed by atoms with Gasteiger partial charge in [0.2, 0.25) is 18.6 Å². The molecule has 0 atom stereocenters. The van der Waals surface area contributed by atoms with Gasteiger partial charge in [0, 0.05) is 37.1 Å². The summed E-state index contributed by atoms with van der Waals surface area (Å²) in [6.45, 7) is 2.41. The lowest BCUT2D eigenvalue weighted by Crippen LogP contribution is -2.31. The summed E-state index contributed by atoms with van der Waals surface area (Å²) in [6, 6.07) is 12.5. The molecule has 2 aromatic carbocycles. The first-order valence-electron chi connectivity index (χ1n) is 8.21. The molecule has 1 N–H and O–H groups in total. The second-order valence-corrected chi connectivity index (χ2v) is 6.37. The Bertz CT molecular complexity index is 825. The fourth-order valence-corrected chi connectivity index (χ4v) is 2.82. The lowest BCUT2D eigenvalue weighted by molar-refractivity contribution is -0.129. The van der Waals surface area contributed by atoms with Crippen molar-refractivity contribution >= 4 is 29.1 Å². The quantitative estimate of drug-likeness (QED) is 0.841. The summed E-state index contributed by atoms with van der Waals surface area (Å²) in [5.41, 5.74) is 1.55. The molecule has 136 valence electrons. The lowest BCUT2D eigenvalue weighted by atomic mass is 10.2. The maximum atomic E-state index is 12.1. The fraction of sp³-hybridized carbons (Fsp3) is 0.263. The number of carbonyl (C=O) groups is 2. The molecule has 0 unspecified atom stereocenters. The number of hydrogen-bond donors (Lipinski definition) is 1. The van der Waals surface area contributed by atoms with Gasteiger partial charge < -0.3 is 19.7 Å². The molecule has 0 saturated heterocycles. The Kier molecular flexibility index (Phi) is 5.63. The van der Waals surface area contributed by atoms with Crippen molar-refractivity contribution in [1.82, 2.24) is 4.90 Å². The van der Waals surface area contributed by atoms with E-state index in [-0.39, 0.29) is 25.0 Å². The second kappa shape index (κ2) is 8.10. The van der Waals surface area contributed by atoms with Gasteiger partial charge in [-0.05, 0) is 35.9 Å². The third kappa shape index (κ3) is 4.67. The monoisotopic (exact) mass is 374 g/mol. The van der Waals surface area contributed by atoms with E-state index < -0.39 is 0 Å². The average Bonchev–Trinajstić information content (AvgIpc) is 3.06. The Hall–Kier alpha value is -2.73. The van der Waals surface area contributed by atoms with Gasteiger partial charge >= 0.3 is 0 Å². The first-order valence-corrected chi connectivity index (χ1v) is 8.58. The molecule has 0 aromatic heterocycles. The summed E-state index contributed by atoms with van der Waals surface area (Å²) in [7, 11) is 0. The van der Waals surface area contributed by atoms with Crippen LogP contribution in [0, 0.1) is 0 Å². The van der Waals surface area contributed by atoms with Gasteiger partial charge in [0.25, 0.3) is 0 Å². The molecule has 0 saturated carbocycles. The number of ether oxygens (including phenoxy) is 2. The first-order chi connectivity index (χ1) is 12.5. The third-order valence-electron chi connectivity index (χ3n) is 3.97. The number of benzene rings is 2. The SMILES string of the molecule is CC(=O)N(CCC(=O)Nc1cccc(Cl)c1)Cc1ccc2c(c1)OCO2. The van der Waals surface area contributed by atoms with Gasteiger partial charge in [-0.1, -0.05) is 23.7 Å². The fourth-order valence-electron chi connectivity index (χ4n) is 2.63. The minimum Gasteiger partial charge on any atom is -0.454 e. The number of carbonyl (C=O) groups excluding carboxylic acids is 2. The zero-order chi connectivity index (χ0) is 18.5. The minimum atomic E-state index is -0.177. The summed E-state index contributed by atoms with van der Waals surface area (Å²) in [4.78, 5) is 25.7. The van der Waals surface area contributed by atoms with Gasteiger partial charge in [-0.25, -0.2) is 0 Å². The highest BCUT2D eigenvalue weighted by atomic mass is 35.5. The summed E-state index contributed by atoms with van der Waals surface area (Å²) in [6.07, 6.45) is 0.191. The van der Waals surface area contributed by atoms with Crippen LogP contribution in [0.3, 0.4) is 0 Å². The number of rotatable bonds is 6. The van der Waals surface area contributed by atoms with Gasteiger partial charge in [0.05, 0.1) is 0 Å². The summed E-state index contributed by atoms with van der Waals surface area (Å²) >= 11 is 5.90. The zero-order valence-corrected chi connectivity index (χ0v) is 15.1. The number of halogens is 1. The molecule has 7 heteroatoms. The van der Waals surface area contributed by atoms with Crippen molar-refractivity contribution in [2.24, 2.45) is 0 Å². The van der Waals surface area contributed by atoms with Crippen LogP contribution in [0.25, 0.3) is 0 Å². The molecule has 6 nitrogen and oxygen atoms in total. The van der Waals surface area contributed by atoms with Gasteiger partial charge in [-0.3, -0.25) is 9.59 Å². The third-order valence-corrected chi connectivity index (χ3v) is 4.21. The maximum Gasteiger partial charge on any atom is 0.231 e. The van der Waals surface area contributed by atoms with E-state index in [1.54, 1.807) is 29.2 Å². The van der Waals surface area contributed by atoms with Crippen molar-refractivity contribution in [3.8, 4) is 11.5 Å². The Balaban J connectivity index is 1.56. The van der Waals surface area contributed by atoms with Crippen molar-refractivity contribution in [3.05, 3.63) is 53.1 Å². The predicted molar refractivity (Wildman–Crippen MR) is 98.4 cm³/mol. The highest BCUT2D eigenvalue weighted by molar-refractivity contribution is 6.30. The van der Waals surface area contributed by atoms with Gasteiger partial charge in [-0.2, -0.15) is 0 Å². The van der Waals surface area contributed by atoms with Crippen molar-refractivity contribution in [1.29, 1.82) is 0 Å². The van der Waals surface area contributed by atoms with E-state index >= 15 is 0 Å². The van der Waals surface area contributed by atoms with E-state index in [2.05, 4.69) is 5.32 Å². The number of nitrogens with zero attached hydrogens (tertiary/aromatic N) is 1. The molecule has 2 aromatic rings. The molecular weight excluding hydrogens is 356 g/mol. The van der Waals surface area contributed by atoms with Crippen LogP contribution in [0.4, 0.5) is 5.69 Å². The second-order valence-electron chi connectivity index (χ2n) is 5.94. The molecule has 3 rings (SSSR count). The van der Waals surface area contributed by atoms with Gasteiger partial charge in [0.1, 0.15) is 0 Å². The number of amides is 2. The zero-order valence-electron chi connectivity index (χ0n) is 14.3.